The van der Waals surface area contributed by atoms with Crippen molar-refractivity contribution in [2.45, 2.75) is 4.21 Å². The molecule has 0 bridgehead atoms. The number of halogens is 1. The quantitative estimate of drug-likeness (QED) is 0.642. The van der Waals surface area contributed by atoms with Crippen molar-refractivity contribution in [3.63, 3.8) is 0 Å². The minimum atomic E-state index is -3.40. The number of aromatic nitrogens is 1. The molecule has 0 amide bonds. The molecular formula is C9H8ClNO2S3. The van der Waals surface area contributed by atoms with E-state index in [1.54, 1.807) is 0 Å². The van der Waals surface area contributed by atoms with Crippen LogP contribution in [0.25, 0.3) is 10.9 Å². The lowest BCUT2D eigenvalue weighted by Gasteiger charge is -1.96. The summed E-state index contributed by atoms with van der Waals surface area (Å²) < 4.78 is 26.8. The first-order chi connectivity index (χ1) is 7.56. The fraction of sp³-hybridized carbons (Fsp3) is 0.222. The summed E-state index contributed by atoms with van der Waals surface area (Å²) in [6.45, 7) is 0. The van der Waals surface area contributed by atoms with Crippen molar-refractivity contribution in [2.75, 3.05) is 11.5 Å². The third-order valence-electron chi connectivity index (χ3n) is 1.91. The van der Waals surface area contributed by atoms with Crippen LogP contribution in [0, 0.1) is 0 Å². The minimum absolute atomic E-state index is 0.0224. The molecule has 0 atom stereocenters. The number of hydrogen-bond acceptors (Lipinski definition) is 5. The summed E-state index contributed by atoms with van der Waals surface area (Å²) in [5.74, 6) is 0.434. The van der Waals surface area contributed by atoms with Crippen LogP contribution in [-0.4, -0.2) is 24.3 Å². The Kier molecular flexibility index (Phi) is 3.73. The average molecular weight is 294 g/mol. The molecule has 0 aliphatic heterocycles. The van der Waals surface area contributed by atoms with Crippen LogP contribution < -0.4 is 0 Å². The predicted octanol–water partition coefficient (Wildman–Crippen LogP) is 2.96. The van der Waals surface area contributed by atoms with Gasteiger partial charge in [0.15, 0.2) is 0 Å². The summed E-state index contributed by atoms with van der Waals surface area (Å²) in [5, 5.41) is 1.07. The molecule has 7 heteroatoms. The third-order valence-corrected chi connectivity index (χ3v) is 5.47. The molecule has 0 N–H and O–H groups in total. The number of benzene rings is 1. The Balaban J connectivity index is 2.10. The third kappa shape index (κ3) is 3.10. The Bertz CT molecular complexity index is 594. The molecule has 0 spiro atoms. The van der Waals surface area contributed by atoms with Crippen molar-refractivity contribution in [3.8, 4) is 0 Å². The molecule has 0 unspecified atom stereocenters. The van der Waals surface area contributed by atoms with Gasteiger partial charge in [0.25, 0.3) is 0 Å². The molecule has 16 heavy (non-hydrogen) atoms. The van der Waals surface area contributed by atoms with Crippen molar-refractivity contribution >= 4 is 53.9 Å². The van der Waals surface area contributed by atoms with Crippen molar-refractivity contribution in [1.82, 2.24) is 4.37 Å². The normalized spacial score (nSPS) is 12.1. The SMILES string of the molecule is O=S(=O)(Cl)CCSc1snc2ccccc12. The maximum atomic E-state index is 10.8. The second-order valence-electron chi connectivity index (χ2n) is 3.08. The smallest absolute Gasteiger partial charge is 0.212 e. The zero-order chi connectivity index (χ0) is 11.6. The zero-order valence-electron chi connectivity index (χ0n) is 8.09. The van der Waals surface area contributed by atoms with Gasteiger partial charge in [-0.05, 0) is 17.6 Å². The van der Waals surface area contributed by atoms with Gasteiger partial charge in [0, 0.05) is 21.8 Å². The Morgan fingerprint density at radius 1 is 1.38 bits per heavy atom. The molecule has 2 aromatic rings. The highest BCUT2D eigenvalue weighted by atomic mass is 35.7. The number of nitrogens with zero attached hydrogens (tertiary/aromatic N) is 1. The monoisotopic (exact) mass is 293 g/mol. The van der Waals surface area contributed by atoms with E-state index >= 15 is 0 Å². The van der Waals surface area contributed by atoms with Gasteiger partial charge in [-0.3, -0.25) is 0 Å². The highest BCUT2D eigenvalue weighted by Crippen LogP contribution is 2.31. The standard InChI is InChI=1S/C9H8ClNO2S3/c10-16(12,13)6-5-14-9-7-3-1-2-4-8(7)11-15-9/h1-4H,5-6H2. The van der Waals surface area contributed by atoms with Crippen molar-refractivity contribution in [2.24, 2.45) is 0 Å². The second-order valence-corrected chi connectivity index (χ2v) is 8.11. The Morgan fingerprint density at radius 2 is 2.12 bits per heavy atom. The Labute approximate surface area is 106 Å². The van der Waals surface area contributed by atoms with Crippen LogP contribution in [0.3, 0.4) is 0 Å². The molecule has 0 saturated carbocycles. The maximum Gasteiger partial charge on any atom is 0.233 e. The van der Waals surface area contributed by atoms with Crippen molar-refractivity contribution < 1.29 is 8.42 Å². The summed E-state index contributed by atoms with van der Waals surface area (Å²) in [4.78, 5) is 0. The molecule has 0 aliphatic rings. The largest absolute Gasteiger partial charge is 0.233 e. The van der Waals surface area contributed by atoms with Gasteiger partial charge in [-0.1, -0.05) is 18.2 Å². The molecule has 86 valence electrons. The van der Waals surface area contributed by atoms with Gasteiger partial charge in [0.05, 0.1) is 15.5 Å². The lowest BCUT2D eigenvalue weighted by atomic mass is 10.3. The van der Waals surface area contributed by atoms with Crippen LogP contribution in [0.1, 0.15) is 0 Å². The second kappa shape index (κ2) is 4.91. The molecule has 2 rings (SSSR count). The Hall–Kier alpha value is -0.300. The molecule has 1 aromatic carbocycles. The van der Waals surface area contributed by atoms with E-state index in [1.807, 2.05) is 24.3 Å². The maximum absolute atomic E-state index is 10.8. The lowest BCUT2D eigenvalue weighted by molar-refractivity contribution is 0.611. The Morgan fingerprint density at radius 3 is 2.88 bits per heavy atom. The molecular weight excluding hydrogens is 286 g/mol. The van der Waals surface area contributed by atoms with E-state index in [-0.39, 0.29) is 5.75 Å². The predicted molar refractivity (Wildman–Crippen MR) is 70.0 cm³/mol. The van der Waals surface area contributed by atoms with Crippen LogP contribution in [0.2, 0.25) is 0 Å². The van der Waals surface area contributed by atoms with Crippen molar-refractivity contribution in [1.29, 1.82) is 0 Å². The summed E-state index contributed by atoms with van der Waals surface area (Å²) in [6.07, 6.45) is 0. The molecule has 0 aliphatic carbocycles. The fourth-order valence-corrected chi connectivity index (χ4v) is 4.60. The summed E-state index contributed by atoms with van der Waals surface area (Å²) in [7, 11) is 1.74. The van der Waals surface area contributed by atoms with Gasteiger partial charge in [0.2, 0.25) is 9.05 Å². The number of rotatable bonds is 4. The van der Waals surface area contributed by atoms with E-state index < -0.39 is 9.05 Å². The van der Waals surface area contributed by atoms with Crippen LogP contribution in [0.4, 0.5) is 0 Å². The highest BCUT2D eigenvalue weighted by molar-refractivity contribution is 8.14. The van der Waals surface area contributed by atoms with Gasteiger partial charge in [-0.25, -0.2) is 8.42 Å². The molecule has 0 fully saturated rings. The summed E-state index contributed by atoms with van der Waals surface area (Å²) in [5.41, 5.74) is 0.948. The zero-order valence-corrected chi connectivity index (χ0v) is 11.3. The molecule has 0 saturated heterocycles. The van der Waals surface area contributed by atoms with Gasteiger partial charge < -0.3 is 0 Å². The molecule has 1 aromatic heterocycles. The van der Waals surface area contributed by atoms with Crippen LogP contribution >= 0.6 is 34.0 Å². The first-order valence-corrected chi connectivity index (χ1v) is 8.69. The molecule has 0 radical (unpaired) electrons. The van der Waals surface area contributed by atoms with Crippen LogP contribution in [0.5, 0.6) is 0 Å². The number of hydrogen-bond donors (Lipinski definition) is 0. The van der Waals surface area contributed by atoms with E-state index in [0.29, 0.717) is 5.75 Å². The minimum Gasteiger partial charge on any atom is -0.212 e. The molecule has 1 heterocycles. The fourth-order valence-electron chi connectivity index (χ4n) is 1.20. The first kappa shape index (κ1) is 12.2. The van der Waals surface area contributed by atoms with Gasteiger partial charge in [-0.15, -0.1) is 11.8 Å². The summed E-state index contributed by atoms with van der Waals surface area (Å²) >= 11 is 2.86. The van der Waals surface area contributed by atoms with Gasteiger partial charge in [-0.2, -0.15) is 4.37 Å². The molecule has 3 nitrogen and oxygen atoms in total. The van der Waals surface area contributed by atoms with Gasteiger partial charge >= 0.3 is 0 Å². The average Bonchev–Trinajstić information content (AvgIpc) is 2.60. The van der Waals surface area contributed by atoms with Gasteiger partial charge in [0.1, 0.15) is 0 Å². The van der Waals surface area contributed by atoms with E-state index in [0.717, 1.165) is 15.1 Å². The summed E-state index contributed by atoms with van der Waals surface area (Å²) in [6, 6.07) is 7.79. The highest BCUT2D eigenvalue weighted by Gasteiger charge is 2.09. The number of fused-ring (bicyclic) bond motifs is 1. The first-order valence-electron chi connectivity index (χ1n) is 4.46. The number of thioether (sulfide) groups is 1. The van der Waals surface area contributed by atoms with Crippen molar-refractivity contribution in [3.05, 3.63) is 24.3 Å². The van der Waals surface area contributed by atoms with E-state index in [1.165, 1.54) is 23.3 Å². The topological polar surface area (TPSA) is 47.0 Å². The lowest BCUT2D eigenvalue weighted by Crippen LogP contribution is -1.98. The van der Waals surface area contributed by atoms with E-state index in [4.69, 9.17) is 10.7 Å². The van der Waals surface area contributed by atoms with E-state index in [2.05, 4.69) is 4.37 Å². The van der Waals surface area contributed by atoms with Crippen LogP contribution in [-0.2, 0) is 9.05 Å². The van der Waals surface area contributed by atoms with Crippen LogP contribution in [0.15, 0.2) is 28.5 Å². The van der Waals surface area contributed by atoms with E-state index in [9.17, 15) is 8.42 Å².